The highest BCUT2D eigenvalue weighted by molar-refractivity contribution is 7.10. The number of alkyl halides is 6. The van der Waals surface area contributed by atoms with Crippen molar-refractivity contribution >= 4 is 50.5 Å². The van der Waals surface area contributed by atoms with Crippen LogP contribution in [0.25, 0.3) is 11.1 Å². The lowest BCUT2D eigenvalue weighted by Gasteiger charge is -2.36. The summed E-state index contributed by atoms with van der Waals surface area (Å²) < 4.78 is 106. The summed E-state index contributed by atoms with van der Waals surface area (Å²) in [5.74, 6) is -15.9. The van der Waals surface area contributed by atoms with Gasteiger partial charge in [0.15, 0.2) is 16.6 Å². The molecule has 0 atom stereocenters. The van der Waals surface area contributed by atoms with Crippen LogP contribution in [0.4, 0.5) is 26.3 Å². The first-order valence-corrected chi connectivity index (χ1v) is 21.1. The summed E-state index contributed by atoms with van der Waals surface area (Å²) in [4.78, 5) is 0.512. The van der Waals surface area contributed by atoms with Gasteiger partial charge in [0.2, 0.25) is 0 Å². The Labute approximate surface area is 250 Å². The van der Waals surface area contributed by atoms with Crippen molar-refractivity contribution in [3.05, 3.63) is 42.8 Å². The standard InChI is InChI=1S/C29H42F6O2S2Si2/c1-17-21(19(15-38-17)13-36-40(9,10)25(3,4)5)23-24(28(32,33)29(34,35)27(23,30)31)22-18(2)39-16-20(22)14-37-41(11,12)26(6,7)8/h15-16H,13-14H2,1-12H3. The second-order valence-electron chi connectivity index (χ2n) is 14.0. The zero-order chi connectivity index (χ0) is 31.8. The summed E-state index contributed by atoms with van der Waals surface area (Å²) in [6, 6.07) is 0. The fourth-order valence-electron chi connectivity index (χ4n) is 4.23. The van der Waals surface area contributed by atoms with Gasteiger partial charge < -0.3 is 8.85 Å². The number of rotatable bonds is 8. The third-order valence-corrected chi connectivity index (χ3v) is 19.9. The SMILES string of the molecule is Cc1scc(CO[Si](C)(C)C(C)(C)C)c1C1=C(c2c(CO[Si](C)(C)C(C)(C)C)csc2C)C(F)(F)C(F)(F)C1(F)F. The molecule has 0 saturated heterocycles. The Balaban J connectivity index is 2.28. The zero-order valence-electron chi connectivity index (χ0n) is 26.0. The van der Waals surface area contributed by atoms with Gasteiger partial charge in [-0.05, 0) is 72.0 Å². The molecule has 0 spiro atoms. The smallest absolute Gasteiger partial charge is 0.380 e. The van der Waals surface area contributed by atoms with Crippen molar-refractivity contribution in [3.63, 3.8) is 0 Å². The van der Waals surface area contributed by atoms with E-state index in [2.05, 4.69) is 0 Å². The fourth-order valence-corrected chi connectivity index (χ4v) is 7.84. The van der Waals surface area contributed by atoms with Crippen molar-refractivity contribution in [1.29, 1.82) is 0 Å². The lowest BCUT2D eigenvalue weighted by Crippen LogP contribution is -2.49. The molecule has 12 heteroatoms. The lowest BCUT2D eigenvalue weighted by molar-refractivity contribution is -0.254. The van der Waals surface area contributed by atoms with Gasteiger partial charge in [-0.15, -0.1) is 22.7 Å². The third kappa shape index (κ3) is 5.70. The maximum atomic E-state index is 15.8. The molecule has 2 aromatic rings. The van der Waals surface area contributed by atoms with E-state index in [1.807, 2.05) is 67.7 Å². The summed E-state index contributed by atoms with van der Waals surface area (Å²) in [5.41, 5.74) is -2.74. The van der Waals surface area contributed by atoms with Crippen LogP contribution in [0.5, 0.6) is 0 Å². The molecule has 3 rings (SSSR count). The molecule has 1 aliphatic carbocycles. The molecule has 2 heterocycles. The molecule has 0 aromatic carbocycles. The molecule has 232 valence electrons. The van der Waals surface area contributed by atoms with Crippen molar-refractivity contribution in [2.75, 3.05) is 0 Å². The predicted octanol–water partition coefficient (Wildman–Crippen LogP) is 11.3. The maximum Gasteiger partial charge on any atom is 0.380 e. The Bertz CT molecular complexity index is 1230. The van der Waals surface area contributed by atoms with E-state index >= 15 is 26.3 Å². The summed E-state index contributed by atoms with van der Waals surface area (Å²) in [5, 5.41) is 2.70. The van der Waals surface area contributed by atoms with E-state index in [0.717, 1.165) is 22.7 Å². The van der Waals surface area contributed by atoms with Crippen LogP contribution < -0.4 is 0 Å². The van der Waals surface area contributed by atoms with Gasteiger partial charge in [-0.3, -0.25) is 0 Å². The number of allylic oxidation sites excluding steroid dienone is 2. The zero-order valence-corrected chi connectivity index (χ0v) is 29.6. The average molecular weight is 657 g/mol. The summed E-state index contributed by atoms with van der Waals surface area (Å²) in [6.45, 7) is 22.7. The fraction of sp³-hybridized carbons (Fsp3) is 0.655. The van der Waals surface area contributed by atoms with E-state index in [-0.39, 0.29) is 55.3 Å². The van der Waals surface area contributed by atoms with E-state index in [4.69, 9.17) is 8.85 Å². The van der Waals surface area contributed by atoms with Gasteiger partial charge >= 0.3 is 17.8 Å². The van der Waals surface area contributed by atoms with Crippen LogP contribution in [0.2, 0.25) is 36.3 Å². The van der Waals surface area contributed by atoms with E-state index in [1.54, 1.807) is 10.8 Å². The predicted molar refractivity (Wildman–Crippen MR) is 164 cm³/mol. The molecule has 41 heavy (non-hydrogen) atoms. The van der Waals surface area contributed by atoms with Crippen LogP contribution in [0, 0.1) is 13.8 Å². The Morgan fingerprint density at radius 3 is 1.20 bits per heavy atom. The molecule has 2 nitrogen and oxygen atoms in total. The van der Waals surface area contributed by atoms with Crippen LogP contribution in [0.1, 0.15) is 73.6 Å². The number of hydrogen-bond acceptors (Lipinski definition) is 4. The number of hydrogen-bond donors (Lipinski definition) is 0. The van der Waals surface area contributed by atoms with E-state index in [9.17, 15) is 0 Å². The van der Waals surface area contributed by atoms with Gasteiger partial charge in [-0.2, -0.15) is 26.3 Å². The molecule has 2 aromatic heterocycles. The molecule has 0 fully saturated rings. The third-order valence-electron chi connectivity index (χ3n) is 9.06. The monoisotopic (exact) mass is 656 g/mol. The molecule has 0 radical (unpaired) electrons. The highest BCUT2D eigenvalue weighted by Gasteiger charge is 2.80. The van der Waals surface area contributed by atoms with Crippen LogP contribution in [0.15, 0.2) is 10.8 Å². The van der Waals surface area contributed by atoms with Gasteiger partial charge in [0, 0.05) is 32.0 Å². The Hall–Kier alpha value is -0.926. The Morgan fingerprint density at radius 1 is 0.634 bits per heavy atom. The van der Waals surface area contributed by atoms with Crippen molar-refractivity contribution in [2.45, 2.75) is 123 Å². The minimum atomic E-state index is -5.62. The van der Waals surface area contributed by atoms with Crippen LogP contribution >= 0.6 is 22.7 Å². The molecule has 0 saturated carbocycles. The maximum absolute atomic E-state index is 15.8. The van der Waals surface area contributed by atoms with Crippen LogP contribution in [-0.4, -0.2) is 34.4 Å². The minimum absolute atomic E-state index is 0.135. The van der Waals surface area contributed by atoms with Gasteiger partial charge in [0.05, 0.1) is 13.2 Å². The highest BCUT2D eigenvalue weighted by atomic mass is 32.1. The van der Waals surface area contributed by atoms with Crippen molar-refractivity contribution in [2.24, 2.45) is 0 Å². The molecule has 0 bridgehead atoms. The van der Waals surface area contributed by atoms with Crippen LogP contribution in [0.3, 0.4) is 0 Å². The van der Waals surface area contributed by atoms with Gasteiger partial charge in [0.25, 0.3) is 0 Å². The molecule has 0 N–H and O–H groups in total. The normalized spacial score (nSPS) is 19.4. The topological polar surface area (TPSA) is 18.5 Å². The molecular weight excluding hydrogens is 615 g/mol. The first-order chi connectivity index (χ1) is 18.2. The first kappa shape index (κ1) is 34.6. The van der Waals surface area contributed by atoms with Crippen LogP contribution in [-0.2, 0) is 22.1 Å². The molecule has 0 amide bonds. The summed E-state index contributed by atoms with van der Waals surface area (Å²) >= 11 is 2.13. The van der Waals surface area contributed by atoms with E-state index in [1.165, 1.54) is 13.8 Å². The van der Waals surface area contributed by atoms with Crippen molar-refractivity contribution < 1.29 is 35.2 Å². The highest BCUT2D eigenvalue weighted by Crippen LogP contribution is 2.66. The summed E-state index contributed by atoms with van der Waals surface area (Å²) in [7, 11) is -4.74. The van der Waals surface area contributed by atoms with Crippen molar-refractivity contribution in [1.82, 2.24) is 0 Å². The molecule has 0 unspecified atom stereocenters. The quantitative estimate of drug-likeness (QED) is 0.208. The second-order valence-corrected chi connectivity index (χ2v) is 25.7. The average Bonchev–Trinajstić information content (AvgIpc) is 3.36. The number of aryl methyl sites for hydroxylation is 2. The number of halogens is 6. The number of thiophene rings is 2. The largest absolute Gasteiger partial charge is 0.413 e. The Morgan fingerprint density at radius 2 is 0.927 bits per heavy atom. The molecule has 1 aliphatic rings. The first-order valence-electron chi connectivity index (χ1n) is 13.5. The molecule has 0 aliphatic heterocycles. The Kier molecular flexibility index (Phi) is 8.94. The van der Waals surface area contributed by atoms with Crippen molar-refractivity contribution in [3.8, 4) is 0 Å². The van der Waals surface area contributed by atoms with E-state index < -0.39 is 45.5 Å². The van der Waals surface area contributed by atoms with Gasteiger partial charge in [-0.25, -0.2) is 0 Å². The molecular formula is C29H42F6O2S2Si2. The second kappa shape index (κ2) is 10.6. The summed E-state index contributed by atoms with van der Waals surface area (Å²) in [6.07, 6.45) is 0. The van der Waals surface area contributed by atoms with Gasteiger partial charge in [-0.1, -0.05) is 41.5 Å². The lowest BCUT2D eigenvalue weighted by atomic mass is 9.91. The minimum Gasteiger partial charge on any atom is -0.413 e. The van der Waals surface area contributed by atoms with Gasteiger partial charge in [0.1, 0.15) is 0 Å². The van der Waals surface area contributed by atoms with E-state index in [0.29, 0.717) is 0 Å².